The van der Waals surface area contributed by atoms with Crippen molar-refractivity contribution in [3.8, 4) is 0 Å². The number of amides is 1. The highest BCUT2D eigenvalue weighted by Crippen LogP contribution is 2.30. The van der Waals surface area contributed by atoms with Crippen LogP contribution in [-0.2, 0) is 4.79 Å². The number of thiazole rings is 1. The maximum absolute atomic E-state index is 12.0. The van der Waals surface area contributed by atoms with E-state index < -0.39 is 0 Å². The number of hydrogen-bond donors (Lipinski definition) is 2. The van der Waals surface area contributed by atoms with Crippen LogP contribution in [0.4, 0.5) is 5.13 Å². The summed E-state index contributed by atoms with van der Waals surface area (Å²) in [5.41, 5.74) is 10.3. The lowest BCUT2D eigenvalue weighted by atomic mass is 10.1. The third-order valence-corrected chi connectivity index (χ3v) is 5.99. The standard InChI is InChI=1S/C19H21N3OS2/c1-12-4-8-15(9-5-12)24-11-10-16(23)21-22-19-20-17-13(2)6-7-14(3)18(17)25-19/h4-9H,10-11H2,1-3H3,(H,20,22)(H,21,23). The zero-order valence-corrected chi connectivity index (χ0v) is 16.2. The van der Waals surface area contributed by atoms with Crippen molar-refractivity contribution in [2.24, 2.45) is 0 Å². The van der Waals surface area contributed by atoms with Crippen LogP contribution in [0.15, 0.2) is 41.3 Å². The lowest BCUT2D eigenvalue weighted by Gasteiger charge is -2.05. The third kappa shape index (κ3) is 4.52. The van der Waals surface area contributed by atoms with Gasteiger partial charge in [-0.3, -0.25) is 15.6 Å². The molecule has 0 unspecified atom stereocenters. The lowest BCUT2D eigenvalue weighted by Crippen LogP contribution is -2.29. The van der Waals surface area contributed by atoms with Gasteiger partial charge >= 0.3 is 0 Å². The molecule has 0 aliphatic carbocycles. The number of nitrogens with zero attached hydrogens (tertiary/aromatic N) is 1. The summed E-state index contributed by atoms with van der Waals surface area (Å²) in [6.45, 7) is 6.19. The number of carbonyl (C=O) groups is 1. The molecule has 0 saturated carbocycles. The predicted octanol–water partition coefficient (Wildman–Crippen LogP) is 4.85. The number of anilines is 1. The molecule has 0 radical (unpaired) electrons. The predicted molar refractivity (Wildman–Crippen MR) is 107 cm³/mol. The van der Waals surface area contributed by atoms with Gasteiger partial charge in [-0.1, -0.05) is 41.2 Å². The van der Waals surface area contributed by atoms with Gasteiger partial charge in [0, 0.05) is 17.1 Å². The van der Waals surface area contributed by atoms with Crippen LogP contribution in [0.5, 0.6) is 0 Å². The van der Waals surface area contributed by atoms with Crippen LogP contribution >= 0.6 is 23.1 Å². The number of benzene rings is 2. The third-order valence-electron chi connectivity index (χ3n) is 3.87. The Kier molecular flexibility index (Phi) is 5.60. The van der Waals surface area contributed by atoms with Gasteiger partial charge in [0.2, 0.25) is 11.0 Å². The van der Waals surface area contributed by atoms with E-state index in [0.717, 1.165) is 21.5 Å². The van der Waals surface area contributed by atoms with E-state index in [-0.39, 0.29) is 5.91 Å². The summed E-state index contributed by atoms with van der Waals surface area (Å²) in [5.74, 6) is 0.710. The average Bonchev–Trinajstić information content (AvgIpc) is 3.04. The highest BCUT2D eigenvalue weighted by molar-refractivity contribution is 7.99. The fourth-order valence-electron chi connectivity index (χ4n) is 2.39. The van der Waals surface area contributed by atoms with Crippen molar-refractivity contribution >= 4 is 44.4 Å². The van der Waals surface area contributed by atoms with E-state index in [1.165, 1.54) is 16.0 Å². The topological polar surface area (TPSA) is 54.0 Å². The first-order valence-electron chi connectivity index (χ1n) is 8.14. The highest BCUT2D eigenvalue weighted by atomic mass is 32.2. The second-order valence-electron chi connectivity index (χ2n) is 5.98. The molecule has 0 aliphatic rings. The van der Waals surface area contributed by atoms with E-state index in [4.69, 9.17) is 0 Å². The molecule has 2 aromatic carbocycles. The fourth-order valence-corrected chi connectivity index (χ4v) is 4.21. The Bertz CT molecular complexity index is 849. The largest absolute Gasteiger partial charge is 0.273 e. The van der Waals surface area contributed by atoms with Crippen LogP contribution in [-0.4, -0.2) is 16.6 Å². The van der Waals surface area contributed by atoms with Gasteiger partial charge in [-0.05, 0) is 44.0 Å². The molecule has 0 atom stereocenters. The van der Waals surface area contributed by atoms with Gasteiger partial charge < -0.3 is 0 Å². The van der Waals surface area contributed by atoms with Gasteiger partial charge in [0.25, 0.3) is 0 Å². The molecule has 4 nitrogen and oxygen atoms in total. The van der Waals surface area contributed by atoms with Gasteiger partial charge in [-0.15, -0.1) is 11.8 Å². The second-order valence-corrected chi connectivity index (χ2v) is 8.15. The van der Waals surface area contributed by atoms with Gasteiger partial charge in [-0.2, -0.15) is 0 Å². The molecule has 3 rings (SSSR count). The molecule has 0 bridgehead atoms. The Hall–Kier alpha value is -2.05. The van der Waals surface area contributed by atoms with Crippen molar-refractivity contribution < 1.29 is 4.79 Å². The minimum absolute atomic E-state index is 0.0349. The molecule has 0 fully saturated rings. The number of carbonyl (C=O) groups excluding carboxylic acids is 1. The molecule has 130 valence electrons. The fraction of sp³-hybridized carbons (Fsp3) is 0.263. The molecular weight excluding hydrogens is 350 g/mol. The van der Waals surface area contributed by atoms with Gasteiger partial charge in [0.05, 0.1) is 10.2 Å². The zero-order chi connectivity index (χ0) is 17.8. The van der Waals surface area contributed by atoms with Crippen LogP contribution < -0.4 is 10.9 Å². The number of fused-ring (bicyclic) bond motifs is 1. The Morgan fingerprint density at radius 1 is 1.08 bits per heavy atom. The minimum Gasteiger partial charge on any atom is -0.273 e. The number of aryl methyl sites for hydroxylation is 3. The van der Waals surface area contributed by atoms with E-state index in [1.807, 2.05) is 6.92 Å². The average molecular weight is 372 g/mol. The van der Waals surface area contributed by atoms with Crippen molar-refractivity contribution in [3.63, 3.8) is 0 Å². The summed E-state index contributed by atoms with van der Waals surface area (Å²) in [4.78, 5) is 17.8. The SMILES string of the molecule is Cc1ccc(SCCC(=O)NNc2nc3c(C)ccc(C)c3s2)cc1. The Morgan fingerprint density at radius 2 is 1.80 bits per heavy atom. The maximum atomic E-state index is 12.0. The van der Waals surface area contributed by atoms with E-state index in [9.17, 15) is 4.79 Å². The highest BCUT2D eigenvalue weighted by Gasteiger charge is 2.09. The summed E-state index contributed by atoms with van der Waals surface area (Å²) in [7, 11) is 0. The van der Waals surface area contributed by atoms with Gasteiger partial charge in [0.1, 0.15) is 0 Å². The van der Waals surface area contributed by atoms with Crippen LogP contribution in [0.25, 0.3) is 10.2 Å². The first-order valence-corrected chi connectivity index (χ1v) is 9.94. The summed E-state index contributed by atoms with van der Waals surface area (Å²) < 4.78 is 1.16. The van der Waals surface area contributed by atoms with E-state index >= 15 is 0 Å². The van der Waals surface area contributed by atoms with Crippen LogP contribution in [0.1, 0.15) is 23.1 Å². The Balaban J connectivity index is 1.50. The first kappa shape index (κ1) is 17.8. The molecule has 25 heavy (non-hydrogen) atoms. The normalized spacial score (nSPS) is 10.8. The number of aromatic nitrogens is 1. The van der Waals surface area contributed by atoms with Crippen LogP contribution in [0.2, 0.25) is 0 Å². The molecule has 1 amide bonds. The van der Waals surface area contributed by atoms with Gasteiger partial charge in [-0.25, -0.2) is 4.98 Å². The van der Waals surface area contributed by atoms with E-state index in [1.54, 1.807) is 23.1 Å². The minimum atomic E-state index is -0.0349. The summed E-state index contributed by atoms with van der Waals surface area (Å²) in [5, 5.41) is 0.715. The number of hydrazine groups is 1. The first-order chi connectivity index (χ1) is 12.0. The van der Waals surface area contributed by atoms with Crippen molar-refractivity contribution in [2.75, 3.05) is 11.2 Å². The summed E-state index contributed by atoms with van der Waals surface area (Å²) >= 11 is 3.25. The number of hydrogen-bond acceptors (Lipinski definition) is 5. The van der Waals surface area contributed by atoms with Gasteiger partial charge in [0.15, 0.2) is 0 Å². The van der Waals surface area contributed by atoms with Crippen molar-refractivity contribution in [3.05, 3.63) is 53.1 Å². The number of thioether (sulfide) groups is 1. The quantitative estimate of drug-likeness (QED) is 0.480. The zero-order valence-electron chi connectivity index (χ0n) is 14.6. The Morgan fingerprint density at radius 3 is 2.52 bits per heavy atom. The molecule has 6 heteroatoms. The maximum Gasteiger partial charge on any atom is 0.239 e. The van der Waals surface area contributed by atoms with Crippen LogP contribution in [0.3, 0.4) is 0 Å². The van der Waals surface area contributed by atoms with Crippen molar-refractivity contribution in [2.45, 2.75) is 32.1 Å². The van der Waals surface area contributed by atoms with E-state index in [2.05, 4.69) is 66.1 Å². The second kappa shape index (κ2) is 7.89. The molecular formula is C19H21N3OS2. The smallest absolute Gasteiger partial charge is 0.239 e. The number of rotatable bonds is 6. The summed E-state index contributed by atoms with van der Waals surface area (Å²) in [6.07, 6.45) is 0.453. The molecule has 3 aromatic rings. The monoisotopic (exact) mass is 371 g/mol. The summed E-state index contributed by atoms with van der Waals surface area (Å²) in [6, 6.07) is 12.5. The molecule has 1 aromatic heterocycles. The number of nitrogens with one attached hydrogen (secondary N) is 2. The van der Waals surface area contributed by atoms with E-state index in [0.29, 0.717) is 11.6 Å². The van der Waals surface area contributed by atoms with Crippen molar-refractivity contribution in [1.82, 2.24) is 10.4 Å². The molecule has 2 N–H and O–H groups in total. The molecule has 0 aliphatic heterocycles. The van der Waals surface area contributed by atoms with Crippen LogP contribution in [0, 0.1) is 20.8 Å². The Labute approximate surface area is 156 Å². The molecule has 1 heterocycles. The van der Waals surface area contributed by atoms with Crippen molar-refractivity contribution in [1.29, 1.82) is 0 Å². The lowest BCUT2D eigenvalue weighted by molar-refractivity contribution is -0.120. The molecule has 0 spiro atoms. The molecule has 0 saturated heterocycles.